The first kappa shape index (κ1) is 16.0. The third-order valence-corrected chi connectivity index (χ3v) is 3.02. The molecule has 1 aromatic carbocycles. The van der Waals surface area contributed by atoms with Crippen molar-refractivity contribution in [2.24, 2.45) is 5.41 Å². The van der Waals surface area contributed by atoms with Gasteiger partial charge < -0.3 is 14.6 Å². The molecule has 0 heterocycles. The Morgan fingerprint density at radius 3 is 2.26 bits per heavy atom. The van der Waals surface area contributed by atoms with Gasteiger partial charge in [0.25, 0.3) is 0 Å². The van der Waals surface area contributed by atoms with Gasteiger partial charge in [0.2, 0.25) is 0 Å². The first-order valence-electron chi connectivity index (χ1n) is 6.93. The maximum atomic E-state index is 10.6. The van der Waals surface area contributed by atoms with Gasteiger partial charge in [-0.1, -0.05) is 39.0 Å². The van der Waals surface area contributed by atoms with E-state index in [1.54, 1.807) is 0 Å². The topological polar surface area (TPSA) is 38.7 Å². The number of rotatable bonds is 6. The van der Waals surface area contributed by atoms with Gasteiger partial charge in [-0.3, -0.25) is 0 Å². The smallest absolute Gasteiger partial charge is 0.125 e. The summed E-state index contributed by atoms with van der Waals surface area (Å²) in [4.78, 5) is 0. The molecule has 0 saturated carbocycles. The van der Waals surface area contributed by atoms with Gasteiger partial charge in [0, 0.05) is 12.2 Å². The third kappa shape index (κ3) is 4.22. The first-order chi connectivity index (χ1) is 8.91. The molecule has 0 fully saturated rings. The molecule has 1 aromatic rings. The lowest BCUT2D eigenvalue weighted by atomic mass is 9.83. The number of hydrogen-bond acceptors (Lipinski definition) is 3. The molecule has 2 atom stereocenters. The van der Waals surface area contributed by atoms with Crippen molar-refractivity contribution in [1.29, 1.82) is 0 Å². The van der Waals surface area contributed by atoms with E-state index >= 15 is 0 Å². The molecule has 3 heteroatoms. The summed E-state index contributed by atoms with van der Waals surface area (Å²) in [6.07, 6.45) is -0.957. The minimum absolute atomic E-state index is 0.144. The predicted octanol–water partition coefficient (Wildman–Crippen LogP) is 3.57. The second kappa shape index (κ2) is 6.92. The fourth-order valence-electron chi connectivity index (χ4n) is 2.17. The molecule has 2 unspecified atom stereocenters. The van der Waals surface area contributed by atoms with E-state index < -0.39 is 6.10 Å². The van der Waals surface area contributed by atoms with E-state index in [1.165, 1.54) is 0 Å². The van der Waals surface area contributed by atoms with E-state index in [2.05, 4.69) is 20.8 Å². The van der Waals surface area contributed by atoms with Crippen molar-refractivity contribution < 1.29 is 14.6 Å². The summed E-state index contributed by atoms with van der Waals surface area (Å²) in [5.74, 6) is 0.728. The Bertz CT molecular complexity index is 382. The van der Waals surface area contributed by atoms with Crippen molar-refractivity contribution in [3.8, 4) is 5.75 Å². The molecule has 0 saturated heterocycles. The lowest BCUT2D eigenvalue weighted by Crippen LogP contribution is -2.35. The van der Waals surface area contributed by atoms with Crippen LogP contribution < -0.4 is 4.74 Å². The van der Waals surface area contributed by atoms with Crippen LogP contribution in [0, 0.1) is 5.41 Å². The minimum atomic E-state index is -0.692. The number of para-hydroxylation sites is 1. The average molecular weight is 266 g/mol. The molecule has 0 aromatic heterocycles. The van der Waals surface area contributed by atoms with Crippen molar-refractivity contribution in [3.63, 3.8) is 0 Å². The van der Waals surface area contributed by atoms with Gasteiger partial charge in [0.15, 0.2) is 0 Å². The van der Waals surface area contributed by atoms with Crippen LogP contribution in [0.1, 0.15) is 46.3 Å². The Hall–Kier alpha value is -1.06. The average Bonchev–Trinajstić information content (AvgIpc) is 2.35. The van der Waals surface area contributed by atoms with Crippen LogP contribution in [0.15, 0.2) is 24.3 Å². The molecule has 19 heavy (non-hydrogen) atoms. The molecule has 1 N–H and O–H groups in total. The second-order valence-corrected chi connectivity index (χ2v) is 5.66. The van der Waals surface area contributed by atoms with Crippen LogP contribution in [-0.4, -0.2) is 24.4 Å². The highest BCUT2D eigenvalue weighted by molar-refractivity contribution is 5.35. The molecular weight excluding hydrogens is 240 g/mol. The zero-order chi connectivity index (χ0) is 14.5. The van der Waals surface area contributed by atoms with Crippen LogP contribution >= 0.6 is 0 Å². The van der Waals surface area contributed by atoms with Crippen LogP contribution in [-0.2, 0) is 4.74 Å². The first-order valence-corrected chi connectivity index (χ1v) is 6.93. The maximum Gasteiger partial charge on any atom is 0.125 e. The molecule has 0 spiro atoms. The number of benzene rings is 1. The van der Waals surface area contributed by atoms with Gasteiger partial charge in [0.1, 0.15) is 11.9 Å². The van der Waals surface area contributed by atoms with E-state index in [0.29, 0.717) is 13.2 Å². The van der Waals surface area contributed by atoms with Gasteiger partial charge >= 0.3 is 0 Å². The van der Waals surface area contributed by atoms with Crippen molar-refractivity contribution in [2.45, 2.75) is 46.8 Å². The van der Waals surface area contributed by atoms with Crippen LogP contribution in [0.25, 0.3) is 0 Å². The molecule has 0 aliphatic carbocycles. The number of ether oxygens (including phenoxy) is 2. The van der Waals surface area contributed by atoms with Gasteiger partial charge in [-0.15, -0.1) is 0 Å². The third-order valence-electron chi connectivity index (χ3n) is 3.02. The van der Waals surface area contributed by atoms with E-state index in [9.17, 15) is 5.11 Å². The maximum absolute atomic E-state index is 10.6. The SMILES string of the molecule is CCOc1ccccc1C(O)C(OCC)C(C)(C)C. The molecule has 3 nitrogen and oxygen atoms in total. The number of hydrogen-bond donors (Lipinski definition) is 1. The Kier molecular flexibility index (Phi) is 5.83. The quantitative estimate of drug-likeness (QED) is 0.855. The Balaban J connectivity index is 3.05. The summed E-state index contributed by atoms with van der Waals surface area (Å²) in [5.41, 5.74) is 0.645. The highest BCUT2D eigenvalue weighted by Crippen LogP contribution is 2.36. The zero-order valence-electron chi connectivity index (χ0n) is 12.6. The van der Waals surface area contributed by atoms with Crippen LogP contribution in [0.5, 0.6) is 5.75 Å². The summed E-state index contributed by atoms with van der Waals surface area (Å²) < 4.78 is 11.3. The molecule has 0 aliphatic heterocycles. The van der Waals surface area contributed by atoms with E-state index in [0.717, 1.165) is 11.3 Å². The Morgan fingerprint density at radius 1 is 1.11 bits per heavy atom. The molecular formula is C16H26O3. The fourth-order valence-corrected chi connectivity index (χ4v) is 2.17. The van der Waals surface area contributed by atoms with Crippen molar-refractivity contribution >= 4 is 0 Å². The zero-order valence-corrected chi connectivity index (χ0v) is 12.6. The Labute approximate surface area is 116 Å². The van der Waals surface area contributed by atoms with Gasteiger partial charge in [-0.2, -0.15) is 0 Å². The number of aliphatic hydroxyl groups excluding tert-OH is 1. The molecule has 0 radical (unpaired) electrons. The van der Waals surface area contributed by atoms with Gasteiger partial charge in [0.05, 0.1) is 12.7 Å². The molecule has 1 rings (SSSR count). The predicted molar refractivity (Wildman–Crippen MR) is 77.4 cm³/mol. The highest BCUT2D eigenvalue weighted by Gasteiger charge is 2.34. The van der Waals surface area contributed by atoms with Crippen molar-refractivity contribution in [3.05, 3.63) is 29.8 Å². The second-order valence-electron chi connectivity index (χ2n) is 5.66. The summed E-state index contributed by atoms with van der Waals surface area (Å²) in [6.45, 7) is 11.3. The Morgan fingerprint density at radius 2 is 1.74 bits per heavy atom. The van der Waals surface area contributed by atoms with Crippen molar-refractivity contribution in [2.75, 3.05) is 13.2 Å². The lowest BCUT2D eigenvalue weighted by molar-refractivity contribution is -0.0905. The normalized spacial score (nSPS) is 15.1. The van der Waals surface area contributed by atoms with Gasteiger partial charge in [-0.05, 0) is 25.3 Å². The summed E-state index contributed by atoms with van der Waals surface area (Å²) in [5, 5.41) is 10.6. The molecule has 108 valence electrons. The summed E-state index contributed by atoms with van der Waals surface area (Å²) >= 11 is 0. The summed E-state index contributed by atoms with van der Waals surface area (Å²) in [7, 11) is 0. The number of aliphatic hydroxyl groups is 1. The lowest BCUT2D eigenvalue weighted by Gasteiger charge is -2.34. The van der Waals surface area contributed by atoms with Gasteiger partial charge in [-0.25, -0.2) is 0 Å². The van der Waals surface area contributed by atoms with Crippen LogP contribution in [0.4, 0.5) is 0 Å². The van der Waals surface area contributed by atoms with E-state index in [4.69, 9.17) is 9.47 Å². The fraction of sp³-hybridized carbons (Fsp3) is 0.625. The minimum Gasteiger partial charge on any atom is -0.493 e. The standard InChI is InChI=1S/C16H26O3/c1-6-18-13-11-9-8-10-12(13)14(17)15(19-7-2)16(3,4)5/h8-11,14-15,17H,6-7H2,1-5H3. The van der Waals surface area contributed by atoms with Crippen LogP contribution in [0.2, 0.25) is 0 Å². The molecule has 0 aliphatic rings. The molecule has 0 bridgehead atoms. The van der Waals surface area contributed by atoms with E-state index in [-0.39, 0.29) is 11.5 Å². The monoisotopic (exact) mass is 266 g/mol. The largest absolute Gasteiger partial charge is 0.493 e. The van der Waals surface area contributed by atoms with E-state index in [1.807, 2.05) is 38.1 Å². The summed E-state index contributed by atoms with van der Waals surface area (Å²) in [6, 6.07) is 7.60. The van der Waals surface area contributed by atoms with Crippen LogP contribution in [0.3, 0.4) is 0 Å². The highest BCUT2D eigenvalue weighted by atomic mass is 16.5. The molecule has 0 amide bonds. The van der Waals surface area contributed by atoms with Crippen molar-refractivity contribution in [1.82, 2.24) is 0 Å².